The average molecular weight is 339 g/mol. The van der Waals surface area contributed by atoms with E-state index >= 15 is 0 Å². The minimum Gasteiger partial charge on any atom is -0.493 e. The molecule has 1 N–H and O–H groups in total. The number of fused-ring (bicyclic) bond motifs is 1. The highest BCUT2D eigenvalue weighted by Crippen LogP contribution is 2.26. The fourth-order valence-corrected chi connectivity index (χ4v) is 3.39. The van der Waals surface area contributed by atoms with Crippen molar-refractivity contribution in [2.45, 2.75) is 39.0 Å². The van der Waals surface area contributed by atoms with E-state index in [0.29, 0.717) is 6.61 Å². The number of hydrogen-bond acceptors (Lipinski definition) is 4. The number of rotatable bonds is 6. The molecule has 2 aromatic rings. The van der Waals surface area contributed by atoms with Crippen LogP contribution < -0.4 is 14.8 Å². The van der Waals surface area contributed by atoms with Crippen molar-refractivity contribution in [3.8, 4) is 11.5 Å². The fraction of sp³-hybridized carbons (Fsp3) is 0.429. The van der Waals surface area contributed by atoms with Gasteiger partial charge in [-0.15, -0.1) is 0 Å². The lowest BCUT2D eigenvalue weighted by Gasteiger charge is -2.17. The molecule has 0 saturated carbocycles. The zero-order valence-electron chi connectivity index (χ0n) is 14.7. The van der Waals surface area contributed by atoms with Gasteiger partial charge in [0.1, 0.15) is 17.6 Å². The van der Waals surface area contributed by atoms with Crippen LogP contribution in [0.1, 0.15) is 28.7 Å². The molecule has 1 fully saturated rings. The molecule has 132 valence electrons. The van der Waals surface area contributed by atoms with Gasteiger partial charge in [-0.3, -0.25) is 0 Å². The SMILES string of the molecule is Cc1ccc(CNCc2ccc3c(c2)CCO3)c(O[C@@H]2CCOC2)c1. The average Bonchev–Trinajstić information content (AvgIpc) is 3.28. The highest BCUT2D eigenvalue weighted by molar-refractivity contribution is 5.40. The van der Waals surface area contributed by atoms with Gasteiger partial charge in [-0.25, -0.2) is 0 Å². The van der Waals surface area contributed by atoms with Gasteiger partial charge >= 0.3 is 0 Å². The van der Waals surface area contributed by atoms with Crippen LogP contribution in [0.3, 0.4) is 0 Å². The molecule has 4 nitrogen and oxygen atoms in total. The summed E-state index contributed by atoms with van der Waals surface area (Å²) < 4.78 is 17.2. The molecule has 2 aliphatic heterocycles. The normalized spacial score (nSPS) is 18.8. The quantitative estimate of drug-likeness (QED) is 0.876. The van der Waals surface area contributed by atoms with Gasteiger partial charge in [0.15, 0.2) is 0 Å². The molecule has 0 aliphatic carbocycles. The summed E-state index contributed by atoms with van der Waals surface area (Å²) >= 11 is 0. The third kappa shape index (κ3) is 3.97. The van der Waals surface area contributed by atoms with Crippen molar-refractivity contribution in [3.63, 3.8) is 0 Å². The summed E-state index contributed by atoms with van der Waals surface area (Å²) in [6, 6.07) is 12.9. The fourth-order valence-electron chi connectivity index (χ4n) is 3.39. The van der Waals surface area contributed by atoms with Gasteiger partial charge in [0, 0.05) is 31.5 Å². The van der Waals surface area contributed by atoms with E-state index < -0.39 is 0 Å². The van der Waals surface area contributed by atoms with Crippen molar-refractivity contribution in [3.05, 3.63) is 58.7 Å². The first-order chi connectivity index (χ1) is 12.3. The summed E-state index contributed by atoms with van der Waals surface area (Å²) in [5.74, 6) is 2.02. The van der Waals surface area contributed by atoms with Crippen LogP contribution in [-0.2, 0) is 24.2 Å². The first-order valence-electron chi connectivity index (χ1n) is 9.07. The van der Waals surface area contributed by atoms with Crippen molar-refractivity contribution in [1.29, 1.82) is 0 Å². The van der Waals surface area contributed by atoms with E-state index in [1.807, 2.05) is 0 Å². The maximum atomic E-state index is 6.17. The molecule has 0 amide bonds. The van der Waals surface area contributed by atoms with E-state index in [1.165, 1.54) is 22.3 Å². The third-order valence-corrected chi connectivity index (χ3v) is 4.80. The molecule has 4 heteroatoms. The molecule has 0 unspecified atom stereocenters. The van der Waals surface area contributed by atoms with Gasteiger partial charge in [0.05, 0.1) is 19.8 Å². The van der Waals surface area contributed by atoms with Crippen LogP contribution >= 0.6 is 0 Å². The van der Waals surface area contributed by atoms with Crippen LogP contribution in [0, 0.1) is 6.92 Å². The predicted molar refractivity (Wildman–Crippen MR) is 97.2 cm³/mol. The van der Waals surface area contributed by atoms with E-state index in [9.17, 15) is 0 Å². The van der Waals surface area contributed by atoms with Crippen molar-refractivity contribution < 1.29 is 14.2 Å². The Hall–Kier alpha value is -2.04. The minimum atomic E-state index is 0.178. The molecular formula is C21H25NO3. The minimum absolute atomic E-state index is 0.178. The van der Waals surface area contributed by atoms with Crippen LogP contribution in [0.4, 0.5) is 0 Å². The smallest absolute Gasteiger partial charge is 0.124 e. The Morgan fingerprint density at radius 1 is 1.12 bits per heavy atom. The molecule has 1 saturated heterocycles. The summed E-state index contributed by atoms with van der Waals surface area (Å²) in [6.45, 7) is 6.02. The largest absolute Gasteiger partial charge is 0.493 e. The first-order valence-corrected chi connectivity index (χ1v) is 9.07. The lowest BCUT2D eigenvalue weighted by Crippen LogP contribution is -2.19. The second-order valence-corrected chi connectivity index (χ2v) is 6.86. The monoisotopic (exact) mass is 339 g/mol. The van der Waals surface area contributed by atoms with Gasteiger partial charge < -0.3 is 19.5 Å². The Morgan fingerprint density at radius 2 is 2.08 bits per heavy atom. The van der Waals surface area contributed by atoms with Crippen LogP contribution in [0.5, 0.6) is 11.5 Å². The molecule has 2 heterocycles. The zero-order valence-corrected chi connectivity index (χ0v) is 14.7. The van der Waals surface area contributed by atoms with Crippen LogP contribution in [0.25, 0.3) is 0 Å². The third-order valence-electron chi connectivity index (χ3n) is 4.80. The Balaban J connectivity index is 1.38. The van der Waals surface area contributed by atoms with Gasteiger partial charge in [-0.1, -0.05) is 24.3 Å². The van der Waals surface area contributed by atoms with Crippen molar-refractivity contribution in [2.75, 3.05) is 19.8 Å². The van der Waals surface area contributed by atoms with E-state index in [4.69, 9.17) is 14.2 Å². The standard InChI is InChI=1S/C21H25NO3/c1-15-2-4-18(21(10-15)25-19-7-8-23-14-19)13-22-12-16-3-5-20-17(11-16)6-9-24-20/h2-5,10-11,19,22H,6-9,12-14H2,1H3/t19-/m1/s1. The van der Waals surface area contributed by atoms with Crippen LogP contribution in [0.15, 0.2) is 36.4 Å². The molecule has 2 aromatic carbocycles. The Bertz CT molecular complexity index is 738. The van der Waals surface area contributed by atoms with E-state index in [1.54, 1.807) is 0 Å². The second-order valence-electron chi connectivity index (χ2n) is 6.86. The number of aryl methyl sites for hydroxylation is 1. The molecule has 4 rings (SSSR count). The topological polar surface area (TPSA) is 39.7 Å². The highest BCUT2D eigenvalue weighted by Gasteiger charge is 2.18. The van der Waals surface area contributed by atoms with Gasteiger partial charge in [-0.05, 0) is 35.7 Å². The molecule has 0 radical (unpaired) electrons. The van der Waals surface area contributed by atoms with Crippen LogP contribution in [0.2, 0.25) is 0 Å². The van der Waals surface area contributed by atoms with E-state index in [-0.39, 0.29) is 6.10 Å². The Morgan fingerprint density at radius 3 is 2.96 bits per heavy atom. The van der Waals surface area contributed by atoms with Crippen molar-refractivity contribution in [2.24, 2.45) is 0 Å². The Kier molecular flexibility index (Phi) is 4.90. The van der Waals surface area contributed by atoms with Gasteiger partial charge in [-0.2, -0.15) is 0 Å². The number of nitrogens with one attached hydrogen (secondary N) is 1. The first kappa shape index (κ1) is 16.4. The molecule has 0 spiro atoms. The molecule has 25 heavy (non-hydrogen) atoms. The molecular weight excluding hydrogens is 314 g/mol. The van der Waals surface area contributed by atoms with E-state index in [2.05, 4.69) is 48.6 Å². The van der Waals surface area contributed by atoms with Crippen molar-refractivity contribution >= 4 is 0 Å². The second kappa shape index (κ2) is 7.46. The number of hydrogen-bond donors (Lipinski definition) is 1. The summed E-state index contributed by atoms with van der Waals surface area (Å²) in [7, 11) is 0. The predicted octanol–water partition coefficient (Wildman–Crippen LogP) is 3.39. The summed E-state index contributed by atoms with van der Waals surface area (Å²) in [5, 5.41) is 3.54. The molecule has 1 atom stereocenters. The Labute approximate surface area is 149 Å². The van der Waals surface area contributed by atoms with E-state index in [0.717, 1.165) is 50.6 Å². The summed E-state index contributed by atoms with van der Waals surface area (Å²) in [6.07, 6.45) is 2.16. The van der Waals surface area contributed by atoms with Gasteiger partial charge in [0.2, 0.25) is 0 Å². The lowest BCUT2D eigenvalue weighted by atomic mass is 10.1. The van der Waals surface area contributed by atoms with Crippen molar-refractivity contribution in [1.82, 2.24) is 5.32 Å². The zero-order chi connectivity index (χ0) is 17.1. The summed E-state index contributed by atoms with van der Waals surface area (Å²) in [5.41, 5.74) is 5.03. The number of ether oxygens (including phenoxy) is 3. The van der Waals surface area contributed by atoms with Crippen LogP contribution in [-0.4, -0.2) is 25.9 Å². The molecule has 0 aromatic heterocycles. The maximum Gasteiger partial charge on any atom is 0.124 e. The van der Waals surface area contributed by atoms with Gasteiger partial charge in [0.25, 0.3) is 0 Å². The highest BCUT2D eigenvalue weighted by atomic mass is 16.5. The number of benzene rings is 2. The molecule has 0 bridgehead atoms. The lowest BCUT2D eigenvalue weighted by molar-refractivity contribution is 0.140. The molecule has 2 aliphatic rings. The maximum absolute atomic E-state index is 6.17. The summed E-state index contributed by atoms with van der Waals surface area (Å²) in [4.78, 5) is 0.